The molecule has 1 aromatic carbocycles. The van der Waals surface area contributed by atoms with Crippen LogP contribution < -0.4 is 0 Å². The molecule has 0 aliphatic carbocycles. The van der Waals surface area contributed by atoms with Gasteiger partial charge in [0.1, 0.15) is 36.8 Å². The summed E-state index contributed by atoms with van der Waals surface area (Å²) in [5, 5.41) is 45.0. The van der Waals surface area contributed by atoms with E-state index in [0.717, 1.165) is 20.9 Å². The Balaban J connectivity index is 1.55. The normalized spacial score (nSPS) is 26.5. The predicted molar refractivity (Wildman–Crippen MR) is 115 cm³/mol. The Bertz CT molecular complexity index is 1230. The van der Waals surface area contributed by atoms with Gasteiger partial charge in [0.2, 0.25) is 0 Å². The number of aliphatic hydroxyl groups is 3. The SMILES string of the molecule is Cc1nc2ccc(-n3cnnc3[C@@H]3O[C@H](CO)[C@H](O)[C@H](n4cc(Br)cn4)[C@H]3O)cc2s1. The summed E-state index contributed by atoms with van der Waals surface area (Å²) in [6.07, 6.45) is 0.510. The van der Waals surface area contributed by atoms with E-state index in [1.54, 1.807) is 34.6 Å². The fraction of sp³-hybridized carbons (Fsp3) is 0.368. The van der Waals surface area contributed by atoms with Gasteiger partial charge < -0.3 is 20.1 Å². The zero-order valence-corrected chi connectivity index (χ0v) is 18.7. The van der Waals surface area contributed by atoms with Crippen LogP contribution in [0.2, 0.25) is 0 Å². The fourth-order valence-electron chi connectivity index (χ4n) is 3.92. The molecule has 10 nitrogen and oxygen atoms in total. The molecular formula is C19H19BrN6O4S. The van der Waals surface area contributed by atoms with Crippen LogP contribution in [0.4, 0.5) is 0 Å². The average Bonchev–Trinajstić information content (AvgIpc) is 3.47. The second kappa shape index (κ2) is 8.04. The first kappa shape index (κ1) is 20.7. The van der Waals surface area contributed by atoms with Crippen molar-refractivity contribution in [1.82, 2.24) is 29.5 Å². The monoisotopic (exact) mass is 506 g/mol. The average molecular weight is 507 g/mol. The quantitative estimate of drug-likeness (QED) is 0.379. The summed E-state index contributed by atoms with van der Waals surface area (Å²) in [6, 6.07) is 4.94. The highest BCUT2D eigenvalue weighted by atomic mass is 79.9. The molecule has 31 heavy (non-hydrogen) atoms. The van der Waals surface area contributed by atoms with Gasteiger partial charge in [0.25, 0.3) is 0 Å². The maximum Gasteiger partial charge on any atom is 0.169 e. The first-order chi connectivity index (χ1) is 15.0. The Kier molecular flexibility index (Phi) is 5.36. The fourth-order valence-corrected chi connectivity index (χ4v) is 5.08. The number of aromatic nitrogens is 6. The van der Waals surface area contributed by atoms with Crippen LogP contribution in [0, 0.1) is 6.92 Å². The lowest BCUT2D eigenvalue weighted by molar-refractivity contribution is -0.210. The van der Waals surface area contributed by atoms with Gasteiger partial charge in [-0.2, -0.15) is 5.10 Å². The second-order valence-electron chi connectivity index (χ2n) is 7.33. The maximum atomic E-state index is 11.2. The van der Waals surface area contributed by atoms with Gasteiger partial charge in [-0.3, -0.25) is 9.25 Å². The van der Waals surface area contributed by atoms with Gasteiger partial charge in [-0.05, 0) is 41.1 Å². The van der Waals surface area contributed by atoms with Crippen LogP contribution in [0.15, 0.2) is 41.4 Å². The molecule has 1 aliphatic rings. The summed E-state index contributed by atoms with van der Waals surface area (Å²) in [7, 11) is 0. The smallest absolute Gasteiger partial charge is 0.169 e. The molecule has 1 saturated heterocycles. The number of fused-ring (bicyclic) bond motifs is 1. The van der Waals surface area contributed by atoms with E-state index < -0.39 is 37.1 Å². The minimum Gasteiger partial charge on any atom is -0.394 e. The number of ether oxygens (including phenoxy) is 1. The zero-order chi connectivity index (χ0) is 21.7. The number of nitrogens with zero attached hydrogens (tertiary/aromatic N) is 6. The Hall–Kier alpha value is -2.22. The molecule has 1 fully saturated rings. The number of hydrogen-bond acceptors (Lipinski definition) is 9. The second-order valence-corrected chi connectivity index (χ2v) is 9.48. The van der Waals surface area contributed by atoms with Crippen molar-refractivity contribution in [3.63, 3.8) is 0 Å². The topological polar surface area (TPSA) is 131 Å². The molecule has 5 rings (SSSR count). The van der Waals surface area contributed by atoms with Crippen LogP contribution in [0.5, 0.6) is 0 Å². The number of rotatable bonds is 4. The van der Waals surface area contributed by atoms with Crippen molar-refractivity contribution >= 4 is 37.5 Å². The minimum absolute atomic E-state index is 0.356. The molecule has 1 aliphatic heterocycles. The standard InChI is InChI=1S/C19H19BrN6O4S/c1-9-23-12-3-2-11(4-14(12)31-9)25-8-21-24-19(25)18-17(29)15(16(28)13(7-27)30-18)26-6-10(20)5-22-26/h2-6,8,13,15-18,27-29H,7H2,1H3/t13-,15+,16+,17-,18-/m1/s1. The molecule has 4 aromatic rings. The minimum atomic E-state index is -1.19. The van der Waals surface area contributed by atoms with Crippen LogP contribution in [-0.4, -0.2) is 69.8 Å². The third kappa shape index (κ3) is 3.58. The molecule has 0 unspecified atom stereocenters. The van der Waals surface area contributed by atoms with Gasteiger partial charge in [0.15, 0.2) is 5.82 Å². The third-order valence-electron chi connectivity index (χ3n) is 5.35. The largest absolute Gasteiger partial charge is 0.394 e. The summed E-state index contributed by atoms with van der Waals surface area (Å²) in [5.41, 5.74) is 1.69. The van der Waals surface area contributed by atoms with E-state index in [-0.39, 0.29) is 0 Å². The molecule has 0 spiro atoms. The van der Waals surface area contributed by atoms with Gasteiger partial charge in [-0.15, -0.1) is 21.5 Å². The van der Waals surface area contributed by atoms with Gasteiger partial charge >= 0.3 is 0 Å². The van der Waals surface area contributed by atoms with Crippen molar-refractivity contribution < 1.29 is 20.1 Å². The Morgan fingerprint density at radius 1 is 1.26 bits per heavy atom. The highest BCUT2D eigenvalue weighted by Gasteiger charge is 2.48. The Morgan fingerprint density at radius 3 is 2.84 bits per heavy atom. The molecule has 0 bridgehead atoms. The molecule has 0 saturated carbocycles. The molecule has 5 atom stereocenters. The van der Waals surface area contributed by atoms with E-state index in [2.05, 4.69) is 36.2 Å². The molecule has 162 valence electrons. The zero-order valence-electron chi connectivity index (χ0n) is 16.3. The molecule has 4 heterocycles. The molecule has 0 amide bonds. The summed E-state index contributed by atoms with van der Waals surface area (Å²) in [4.78, 5) is 4.48. The van der Waals surface area contributed by atoms with Gasteiger partial charge in [-0.25, -0.2) is 4.98 Å². The molecule has 12 heteroatoms. The predicted octanol–water partition coefficient (Wildman–Crippen LogP) is 1.54. The highest BCUT2D eigenvalue weighted by molar-refractivity contribution is 9.10. The highest BCUT2D eigenvalue weighted by Crippen LogP contribution is 2.38. The van der Waals surface area contributed by atoms with Crippen LogP contribution in [-0.2, 0) is 4.74 Å². The van der Waals surface area contributed by atoms with Crippen LogP contribution in [0.3, 0.4) is 0 Å². The summed E-state index contributed by atoms with van der Waals surface area (Å²) >= 11 is 4.91. The number of benzene rings is 1. The van der Waals surface area contributed by atoms with E-state index in [0.29, 0.717) is 10.3 Å². The van der Waals surface area contributed by atoms with E-state index in [1.165, 1.54) is 4.68 Å². The molecule has 3 aromatic heterocycles. The Morgan fingerprint density at radius 2 is 2.10 bits per heavy atom. The van der Waals surface area contributed by atoms with Gasteiger partial charge in [0.05, 0.1) is 32.5 Å². The van der Waals surface area contributed by atoms with Gasteiger partial charge in [0, 0.05) is 11.9 Å². The summed E-state index contributed by atoms with van der Waals surface area (Å²) in [6.45, 7) is 1.53. The van der Waals surface area contributed by atoms with Crippen molar-refractivity contribution in [3.05, 3.63) is 52.2 Å². The van der Waals surface area contributed by atoms with Crippen LogP contribution in [0.25, 0.3) is 15.9 Å². The number of thiazole rings is 1. The number of aryl methyl sites for hydroxylation is 1. The lowest BCUT2D eigenvalue weighted by Gasteiger charge is -2.41. The first-order valence-corrected chi connectivity index (χ1v) is 11.2. The van der Waals surface area contributed by atoms with Gasteiger partial charge in [-0.1, -0.05) is 0 Å². The van der Waals surface area contributed by atoms with E-state index >= 15 is 0 Å². The number of halogens is 1. The molecule has 3 N–H and O–H groups in total. The summed E-state index contributed by atoms with van der Waals surface area (Å²) < 4.78 is 10.8. The maximum absolute atomic E-state index is 11.2. The van der Waals surface area contributed by atoms with Crippen molar-refractivity contribution in [3.8, 4) is 5.69 Å². The van der Waals surface area contributed by atoms with E-state index in [4.69, 9.17) is 4.74 Å². The number of aliphatic hydroxyl groups excluding tert-OH is 3. The molecule has 0 radical (unpaired) electrons. The van der Waals surface area contributed by atoms with E-state index in [1.807, 2.05) is 25.1 Å². The Labute approximate surface area is 188 Å². The van der Waals surface area contributed by atoms with Crippen molar-refractivity contribution in [2.75, 3.05) is 6.61 Å². The van der Waals surface area contributed by atoms with E-state index in [9.17, 15) is 15.3 Å². The third-order valence-corrected chi connectivity index (χ3v) is 6.70. The number of hydrogen-bond donors (Lipinski definition) is 3. The van der Waals surface area contributed by atoms with Crippen LogP contribution in [0.1, 0.15) is 23.0 Å². The van der Waals surface area contributed by atoms with Crippen LogP contribution >= 0.6 is 27.3 Å². The lowest BCUT2D eigenvalue weighted by atomic mass is 9.92. The first-order valence-electron chi connectivity index (χ1n) is 9.56. The molecular weight excluding hydrogens is 488 g/mol. The summed E-state index contributed by atoms with van der Waals surface area (Å²) in [5.74, 6) is 0.356. The van der Waals surface area contributed by atoms with Crippen molar-refractivity contribution in [1.29, 1.82) is 0 Å². The lowest BCUT2D eigenvalue weighted by Crippen LogP contribution is -2.53. The van der Waals surface area contributed by atoms with Crippen molar-refractivity contribution in [2.45, 2.75) is 37.4 Å². The van der Waals surface area contributed by atoms with Crippen molar-refractivity contribution in [2.24, 2.45) is 0 Å².